The molecule has 4 nitrogen and oxygen atoms in total. The fourth-order valence-electron chi connectivity index (χ4n) is 2.18. The molecule has 1 saturated heterocycles. The Labute approximate surface area is 108 Å². The molecule has 2 rings (SSSR count). The summed E-state index contributed by atoms with van der Waals surface area (Å²) in [7, 11) is 0. The number of likely N-dealkylation sites (tertiary alicyclic amines) is 1. The second-order valence-corrected chi connectivity index (χ2v) is 4.46. The number of amides is 1. The molecule has 0 saturated carbocycles. The second-order valence-electron chi connectivity index (χ2n) is 4.46. The van der Waals surface area contributed by atoms with Crippen LogP contribution in [-0.4, -0.2) is 34.9 Å². The molecule has 1 aliphatic rings. The summed E-state index contributed by atoms with van der Waals surface area (Å²) in [5.74, 6) is -0.360. The van der Waals surface area contributed by atoms with E-state index < -0.39 is 11.7 Å². The molecule has 0 aromatic carbocycles. The van der Waals surface area contributed by atoms with Gasteiger partial charge in [-0.15, -0.1) is 0 Å². The van der Waals surface area contributed by atoms with E-state index in [0.717, 1.165) is 25.0 Å². The molecule has 1 unspecified atom stereocenters. The van der Waals surface area contributed by atoms with Crippen LogP contribution in [0.15, 0.2) is 18.3 Å². The second kappa shape index (κ2) is 5.16. The number of hydrogen-bond acceptors (Lipinski definition) is 3. The van der Waals surface area contributed by atoms with Crippen LogP contribution in [0.4, 0.5) is 13.2 Å². The van der Waals surface area contributed by atoms with Gasteiger partial charge in [0.25, 0.3) is 5.91 Å². The van der Waals surface area contributed by atoms with Crippen LogP contribution in [0.1, 0.15) is 28.9 Å². The Bertz CT molecular complexity index is 458. The van der Waals surface area contributed by atoms with E-state index in [1.165, 1.54) is 0 Å². The molecule has 0 bridgehead atoms. The summed E-state index contributed by atoms with van der Waals surface area (Å²) < 4.78 is 37.2. The highest BCUT2D eigenvalue weighted by atomic mass is 19.4. The van der Waals surface area contributed by atoms with E-state index >= 15 is 0 Å². The van der Waals surface area contributed by atoms with Crippen molar-refractivity contribution in [2.24, 2.45) is 5.73 Å². The van der Waals surface area contributed by atoms with Gasteiger partial charge in [-0.3, -0.25) is 9.78 Å². The van der Waals surface area contributed by atoms with Crippen molar-refractivity contribution in [2.75, 3.05) is 13.1 Å². The van der Waals surface area contributed by atoms with Crippen molar-refractivity contribution in [2.45, 2.75) is 25.1 Å². The van der Waals surface area contributed by atoms with Crippen LogP contribution in [0.25, 0.3) is 0 Å². The number of rotatable bonds is 2. The molecule has 1 amide bonds. The third-order valence-electron chi connectivity index (χ3n) is 3.22. The lowest BCUT2D eigenvalue weighted by Crippen LogP contribution is -2.40. The Kier molecular flexibility index (Phi) is 3.75. The number of alkyl halides is 3. The van der Waals surface area contributed by atoms with Crippen molar-refractivity contribution < 1.29 is 18.0 Å². The largest absolute Gasteiger partial charge is 0.417 e. The van der Waals surface area contributed by atoms with Gasteiger partial charge < -0.3 is 10.6 Å². The van der Waals surface area contributed by atoms with Crippen LogP contribution in [0.3, 0.4) is 0 Å². The number of halogens is 3. The number of nitrogens with two attached hydrogens (primary N) is 1. The van der Waals surface area contributed by atoms with Crippen LogP contribution in [-0.2, 0) is 6.18 Å². The highest BCUT2D eigenvalue weighted by molar-refractivity contribution is 5.92. The highest BCUT2D eigenvalue weighted by Gasteiger charge is 2.32. The van der Waals surface area contributed by atoms with E-state index in [1.807, 2.05) is 0 Å². The van der Waals surface area contributed by atoms with Gasteiger partial charge in [-0.25, -0.2) is 0 Å². The predicted molar refractivity (Wildman–Crippen MR) is 62.4 cm³/mol. The quantitative estimate of drug-likeness (QED) is 0.891. The number of hydrogen-bond donors (Lipinski definition) is 1. The average Bonchev–Trinajstić information content (AvgIpc) is 2.85. The predicted octanol–water partition coefficient (Wildman–Crippen LogP) is 1.66. The number of nitrogens with zero attached hydrogens (tertiary/aromatic N) is 2. The fourth-order valence-corrected chi connectivity index (χ4v) is 2.18. The van der Waals surface area contributed by atoms with Crippen LogP contribution < -0.4 is 5.73 Å². The van der Waals surface area contributed by atoms with Crippen molar-refractivity contribution in [3.8, 4) is 0 Å². The van der Waals surface area contributed by atoms with E-state index in [9.17, 15) is 18.0 Å². The Balaban J connectivity index is 2.16. The highest BCUT2D eigenvalue weighted by Crippen LogP contribution is 2.28. The number of pyridine rings is 1. The van der Waals surface area contributed by atoms with Crippen molar-refractivity contribution in [1.29, 1.82) is 0 Å². The van der Waals surface area contributed by atoms with Gasteiger partial charge in [-0.05, 0) is 25.0 Å². The summed E-state index contributed by atoms with van der Waals surface area (Å²) in [5.41, 5.74) is 4.72. The first-order valence-electron chi connectivity index (χ1n) is 5.98. The molecule has 2 heterocycles. The van der Waals surface area contributed by atoms with Crippen molar-refractivity contribution >= 4 is 5.91 Å². The van der Waals surface area contributed by atoms with Gasteiger partial charge >= 0.3 is 6.18 Å². The minimum atomic E-state index is -4.44. The first-order valence-corrected chi connectivity index (χ1v) is 5.98. The molecule has 0 radical (unpaired) electrons. The molecule has 1 fully saturated rings. The maximum Gasteiger partial charge on any atom is 0.417 e. The van der Waals surface area contributed by atoms with E-state index in [4.69, 9.17) is 5.73 Å². The molecular weight excluding hydrogens is 259 g/mol. The number of carbonyl (C=O) groups excluding carboxylic acids is 1. The Morgan fingerprint density at radius 1 is 1.47 bits per heavy atom. The standard InChI is InChI=1S/C12H14F3N3O/c13-12(14,15)8-3-4-10(17-7-8)11(19)18-5-1-2-9(18)6-16/h3-4,7,9H,1-2,5-6,16H2. The van der Waals surface area contributed by atoms with E-state index in [1.54, 1.807) is 4.90 Å². The first kappa shape index (κ1) is 13.8. The maximum absolute atomic E-state index is 12.4. The van der Waals surface area contributed by atoms with Crippen LogP contribution in [0.2, 0.25) is 0 Å². The molecule has 2 N–H and O–H groups in total. The molecule has 1 aliphatic heterocycles. The minimum absolute atomic E-state index is 0.0216. The summed E-state index contributed by atoms with van der Waals surface area (Å²) in [6.07, 6.45) is -2.08. The van der Waals surface area contributed by atoms with Crippen molar-refractivity contribution in [3.63, 3.8) is 0 Å². The van der Waals surface area contributed by atoms with Crippen molar-refractivity contribution in [1.82, 2.24) is 9.88 Å². The lowest BCUT2D eigenvalue weighted by atomic mass is 10.2. The zero-order valence-corrected chi connectivity index (χ0v) is 10.2. The van der Waals surface area contributed by atoms with Gasteiger partial charge in [-0.2, -0.15) is 13.2 Å². The van der Waals surface area contributed by atoms with Gasteiger partial charge in [0.15, 0.2) is 0 Å². The molecule has 104 valence electrons. The molecule has 0 spiro atoms. The molecule has 0 aliphatic carbocycles. The SMILES string of the molecule is NCC1CCCN1C(=O)c1ccc(C(F)(F)F)cn1. The van der Waals surface area contributed by atoms with Crippen LogP contribution >= 0.6 is 0 Å². The van der Waals surface area contributed by atoms with Crippen LogP contribution in [0.5, 0.6) is 0 Å². The van der Waals surface area contributed by atoms with E-state index in [-0.39, 0.29) is 17.6 Å². The summed E-state index contributed by atoms with van der Waals surface area (Å²) in [5, 5.41) is 0. The zero-order chi connectivity index (χ0) is 14.0. The minimum Gasteiger partial charge on any atom is -0.333 e. The summed E-state index contributed by atoms with van der Waals surface area (Å²) in [6.45, 7) is 0.926. The molecule has 1 aromatic rings. The molecule has 19 heavy (non-hydrogen) atoms. The smallest absolute Gasteiger partial charge is 0.333 e. The summed E-state index contributed by atoms with van der Waals surface area (Å²) in [6, 6.07) is 1.93. The Morgan fingerprint density at radius 2 is 2.21 bits per heavy atom. The lowest BCUT2D eigenvalue weighted by Gasteiger charge is -2.23. The van der Waals surface area contributed by atoms with E-state index in [0.29, 0.717) is 19.3 Å². The Hall–Kier alpha value is -1.63. The first-order chi connectivity index (χ1) is 8.93. The van der Waals surface area contributed by atoms with Crippen LogP contribution in [0, 0.1) is 0 Å². The lowest BCUT2D eigenvalue weighted by molar-refractivity contribution is -0.137. The monoisotopic (exact) mass is 273 g/mol. The van der Waals surface area contributed by atoms with E-state index in [2.05, 4.69) is 4.98 Å². The molecule has 1 atom stereocenters. The number of aromatic nitrogens is 1. The topological polar surface area (TPSA) is 59.2 Å². The van der Waals surface area contributed by atoms with Gasteiger partial charge in [0, 0.05) is 25.3 Å². The summed E-state index contributed by atoms with van der Waals surface area (Å²) in [4.78, 5) is 17.3. The van der Waals surface area contributed by atoms with Crippen molar-refractivity contribution in [3.05, 3.63) is 29.6 Å². The zero-order valence-electron chi connectivity index (χ0n) is 10.2. The van der Waals surface area contributed by atoms with Gasteiger partial charge in [0.05, 0.1) is 5.56 Å². The third kappa shape index (κ3) is 2.86. The number of carbonyl (C=O) groups is 1. The third-order valence-corrected chi connectivity index (χ3v) is 3.22. The van der Waals surface area contributed by atoms with Gasteiger partial charge in [0.1, 0.15) is 5.69 Å². The fraction of sp³-hybridized carbons (Fsp3) is 0.500. The van der Waals surface area contributed by atoms with Gasteiger partial charge in [0.2, 0.25) is 0 Å². The van der Waals surface area contributed by atoms with Gasteiger partial charge in [-0.1, -0.05) is 0 Å². The molecule has 1 aromatic heterocycles. The maximum atomic E-state index is 12.4. The Morgan fingerprint density at radius 3 is 2.74 bits per heavy atom. The summed E-state index contributed by atoms with van der Waals surface area (Å²) >= 11 is 0. The normalized spacial score (nSPS) is 19.8. The molecular formula is C12H14F3N3O. The average molecular weight is 273 g/mol. The molecule has 7 heteroatoms.